The highest BCUT2D eigenvalue weighted by molar-refractivity contribution is 8.00. The highest BCUT2D eigenvalue weighted by atomic mass is 32.2. The Labute approximate surface area is 135 Å². The standard InChI is InChI=1S/C19H31NS/c1-6-20-17-12-9-15(19(3,4)5)13-18(17)21-16-10-7-14(2)8-11-16/h7-8,10-11,15,17-18,20H,6,9,12-13H2,1-5H3. The highest BCUT2D eigenvalue weighted by Gasteiger charge is 2.35. The van der Waals surface area contributed by atoms with Crippen LogP contribution in [-0.2, 0) is 0 Å². The maximum atomic E-state index is 3.72. The number of rotatable bonds is 4. The lowest BCUT2D eigenvalue weighted by Gasteiger charge is -2.42. The van der Waals surface area contributed by atoms with Crippen LogP contribution >= 0.6 is 11.8 Å². The molecule has 3 atom stereocenters. The molecular weight excluding hydrogens is 274 g/mol. The Bertz CT molecular complexity index is 432. The van der Waals surface area contributed by atoms with Gasteiger partial charge in [0.25, 0.3) is 0 Å². The largest absolute Gasteiger partial charge is 0.313 e. The molecule has 2 heteroatoms. The van der Waals surface area contributed by atoms with Crippen molar-refractivity contribution in [2.45, 2.75) is 70.1 Å². The smallest absolute Gasteiger partial charge is 0.0251 e. The third kappa shape index (κ3) is 4.75. The number of thioether (sulfide) groups is 1. The molecule has 3 unspecified atom stereocenters. The van der Waals surface area contributed by atoms with Crippen LogP contribution in [0.2, 0.25) is 0 Å². The van der Waals surface area contributed by atoms with E-state index in [4.69, 9.17) is 0 Å². The molecule has 1 nitrogen and oxygen atoms in total. The second-order valence-corrected chi connectivity index (χ2v) is 8.82. The number of benzene rings is 1. The Hall–Kier alpha value is -0.470. The molecule has 0 spiro atoms. The molecule has 1 N–H and O–H groups in total. The van der Waals surface area contributed by atoms with E-state index >= 15 is 0 Å². The summed E-state index contributed by atoms with van der Waals surface area (Å²) >= 11 is 2.08. The van der Waals surface area contributed by atoms with Crippen molar-refractivity contribution in [1.82, 2.24) is 5.32 Å². The number of hydrogen-bond acceptors (Lipinski definition) is 2. The number of aryl methyl sites for hydroxylation is 1. The van der Waals surface area contributed by atoms with Crippen LogP contribution in [-0.4, -0.2) is 17.8 Å². The van der Waals surface area contributed by atoms with Gasteiger partial charge in [0.05, 0.1) is 0 Å². The van der Waals surface area contributed by atoms with Gasteiger partial charge in [-0.05, 0) is 56.2 Å². The summed E-state index contributed by atoms with van der Waals surface area (Å²) in [7, 11) is 0. The minimum atomic E-state index is 0.434. The molecule has 0 heterocycles. The normalized spacial score (nSPS) is 26.8. The third-order valence-corrected chi connectivity index (χ3v) is 6.16. The molecule has 1 fully saturated rings. The van der Waals surface area contributed by atoms with E-state index in [9.17, 15) is 0 Å². The van der Waals surface area contributed by atoms with Crippen molar-refractivity contribution in [1.29, 1.82) is 0 Å². The minimum absolute atomic E-state index is 0.434. The predicted molar refractivity (Wildman–Crippen MR) is 95.1 cm³/mol. The van der Waals surface area contributed by atoms with Crippen LogP contribution in [0.1, 0.15) is 52.5 Å². The second-order valence-electron chi connectivity index (χ2n) is 7.51. The Kier molecular flexibility index (Phi) is 5.79. The highest BCUT2D eigenvalue weighted by Crippen LogP contribution is 2.43. The molecule has 0 aromatic heterocycles. The van der Waals surface area contributed by atoms with Gasteiger partial charge in [-0.1, -0.05) is 45.4 Å². The van der Waals surface area contributed by atoms with Crippen LogP contribution in [0.15, 0.2) is 29.2 Å². The fourth-order valence-electron chi connectivity index (χ4n) is 3.33. The van der Waals surface area contributed by atoms with Gasteiger partial charge in [0.2, 0.25) is 0 Å². The first-order valence-corrected chi connectivity index (χ1v) is 9.25. The molecule has 1 aromatic rings. The average molecular weight is 306 g/mol. The summed E-state index contributed by atoms with van der Waals surface area (Å²) in [5, 5.41) is 4.42. The minimum Gasteiger partial charge on any atom is -0.313 e. The van der Waals surface area contributed by atoms with E-state index in [-0.39, 0.29) is 0 Å². The molecular formula is C19H31NS. The summed E-state index contributed by atoms with van der Waals surface area (Å²) in [4.78, 5) is 1.42. The van der Waals surface area contributed by atoms with Crippen molar-refractivity contribution < 1.29 is 0 Å². The monoisotopic (exact) mass is 305 g/mol. The summed E-state index contributed by atoms with van der Waals surface area (Å²) in [5.74, 6) is 0.843. The number of hydrogen-bond donors (Lipinski definition) is 1. The van der Waals surface area contributed by atoms with Gasteiger partial charge in [0.1, 0.15) is 0 Å². The van der Waals surface area contributed by atoms with Crippen LogP contribution in [0.3, 0.4) is 0 Å². The Morgan fingerprint density at radius 2 is 1.81 bits per heavy atom. The molecule has 1 aliphatic carbocycles. The van der Waals surface area contributed by atoms with Crippen LogP contribution in [0.5, 0.6) is 0 Å². The maximum Gasteiger partial charge on any atom is 0.0251 e. The molecule has 0 saturated heterocycles. The molecule has 1 aromatic carbocycles. The topological polar surface area (TPSA) is 12.0 Å². The van der Waals surface area contributed by atoms with E-state index in [1.54, 1.807) is 0 Å². The van der Waals surface area contributed by atoms with Gasteiger partial charge < -0.3 is 5.32 Å². The summed E-state index contributed by atoms with van der Waals surface area (Å²) in [6.45, 7) is 12.7. The van der Waals surface area contributed by atoms with Gasteiger partial charge >= 0.3 is 0 Å². The van der Waals surface area contributed by atoms with Gasteiger partial charge in [-0.3, -0.25) is 0 Å². The lowest BCUT2D eigenvalue weighted by Crippen LogP contribution is -2.44. The Balaban J connectivity index is 2.08. The van der Waals surface area contributed by atoms with E-state index in [2.05, 4.69) is 76.0 Å². The predicted octanol–water partition coefficient (Wildman–Crippen LogP) is 5.28. The summed E-state index contributed by atoms with van der Waals surface area (Å²) in [6, 6.07) is 9.69. The van der Waals surface area contributed by atoms with E-state index in [0.717, 1.165) is 12.5 Å². The van der Waals surface area contributed by atoms with Gasteiger partial charge in [-0.15, -0.1) is 11.8 Å². The fourth-order valence-corrected chi connectivity index (χ4v) is 4.70. The molecule has 0 bridgehead atoms. The Morgan fingerprint density at radius 1 is 1.14 bits per heavy atom. The molecule has 0 aliphatic heterocycles. The summed E-state index contributed by atoms with van der Waals surface area (Å²) in [6.07, 6.45) is 4.02. The van der Waals surface area contributed by atoms with Crippen LogP contribution in [0.25, 0.3) is 0 Å². The van der Waals surface area contributed by atoms with Crippen molar-refractivity contribution in [3.63, 3.8) is 0 Å². The quantitative estimate of drug-likeness (QED) is 0.812. The first-order chi connectivity index (χ1) is 9.90. The van der Waals surface area contributed by atoms with Gasteiger partial charge in [0.15, 0.2) is 0 Å². The first kappa shape index (κ1) is 16.9. The SMILES string of the molecule is CCNC1CCC(C(C)(C)C)CC1Sc1ccc(C)cc1. The zero-order valence-corrected chi connectivity index (χ0v) is 15.1. The zero-order chi connectivity index (χ0) is 15.5. The van der Waals surface area contributed by atoms with Crippen molar-refractivity contribution in [3.05, 3.63) is 29.8 Å². The number of nitrogens with one attached hydrogen (secondary N) is 1. The fraction of sp³-hybridized carbons (Fsp3) is 0.684. The lowest BCUT2D eigenvalue weighted by molar-refractivity contribution is 0.165. The van der Waals surface area contributed by atoms with Gasteiger partial charge in [-0.25, -0.2) is 0 Å². The van der Waals surface area contributed by atoms with Gasteiger partial charge in [-0.2, -0.15) is 0 Å². The van der Waals surface area contributed by atoms with Crippen LogP contribution < -0.4 is 5.32 Å². The molecule has 1 saturated carbocycles. The van der Waals surface area contributed by atoms with Crippen LogP contribution in [0, 0.1) is 18.3 Å². The molecule has 1 aliphatic rings. The van der Waals surface area contributed by atoms with E-state index in [1.807, 2.05) is 0 Å². The Morgan fingerprint density at radius 3 is 2.38 bits per heavy atom. The third-order valence-electron chi connectivity index (χ3n) is 4.79. The van der Waals surface area contributed by atoms with Crippen molar-refractivity contribution in [2.24, 2.45) is 11.3 Å². The molecule has 21 heavy (non-hydrogen) atoms. The molecule has 2 rings (SSSR count). The van der Waals surface area contributed by atoms with Crippen LogP contribution in [0.4, 0.5) is 0 Å². The van der Waals surface area contributed by atoms with E-state index < -0.39 is 0 Å². The first-order valence-electron chi connectivity index (χ1n) is 8.37. The maximum absolute atomic E-state index is 3.72. The van der Waals surface area contributed by atoms with Gasteiger partial charge in [0, 0.05) is 16.2 Å². The average Bonchev–Trinajstić information content (AvgIpc) is 2.42. The van der Waals surface area contributed by atoms with Crippen molar-refractivity contribution >= 4 is 11.8 Å². The molecule has 0 radical (unpaired) electrons. The second kappa shape index (κ2) is 7.19. The zero-order valence-electron chi connectivity index (χ0n) is 14.3. The molecule has 118 valence electrons. The lowest BCUT2D eigenvalue weighted by atomic mass is 9.71. The van der Waals surface area contributed by atoms with Crippen molar-refractivity contribution in [2.75, 3.05) is 6.54 Å². The molecule has 0 amide bonds. The summed E-state index contributed by atoms with van der Waals surface area (Å²) < 4.78 is 0. The van der Waals surface area contributed by atoms with Crippen molar-refractivity contribution in [3.8, 4) is 0 Å². The van der Waals surface area contributed by atoms with E-state index in [0.29, 0.717) is 16.7 Å². The van der Waals surface area contributed by atoms with E-state index in [1.165, 1.54) is 29.7 Å². The summed E-state index contributed by atoms with van der Waals surface area (Å²) in [5.41, 5.74) is 1.78.